The number of fused-ring (bicyclic) bond motifs is 2. The number of carbonyl (C=O) groups excluding carboxylic acids is 1. The Labute approximate surface area is 135 Å². The van der Waals surface area contributed by atoms with E-state index >= 15 is 0 Å². The Morgan fingerprint density at radius 3 is 2.55 bits per heavy atom. The van der Waals surface area contributed by atoms with Gasteiger partial charge in [0.15, 0.2) is 5.72 Å². The number of ether oxygens (including phenoxy) is 1. The fourth-order valence-electron chi connectivity index (χ4n) is 4.05. The van der Waals surface area contributed by atoms with Crippen molar-refractivity contribution in [2.45, 2.75) is 103 Å². The van der Waals surface area contributed by atoms with Crippen molar-refractivity contribution in [3.05, 3.63) is 0 Å². The zero-order valence-corrected chi connectivity index (χ0v) is 14.7. The van der Waals surface area contributed by atoms with Gasteiger partial charge in [0, 0.05) is 18.9 Å². The van der Waals surface area contributed by atoms with E-state index in [2.05, 4.69) is 12.2 Å². The van der Waals surface area contributed by atoms with Crippen molar-refractivity contribution in [3.8, 4) is 0 Å². The number of hydrogen-bond acceptors (Lipinski definition) is 4. The van der Waals surface area contributed by atoms with Crippen molar-refractivity contribution < 1.29 is 14.6 Å². The zero-order chi connectivity index (χ0) is 16.4. The van der Waals surface area contributed by atoms with Crippen LogP contribution in [-0.4, -0.2) is 28.4 Å². The van der Waals surface area contributed by atoms with Crippen LogP contribution >= 0.6 is 0 Å². The molecule has 0 aromatic carbocycles. The molecular formula is C18H33NO3. The summed E-state index contributed by atoms with van der Waals surface area (Å²) in [6.45, 7) is 8.25. The van der Waals surface area contributed by atoms with Gasteiger partial charge in [-0.3, -0.25) is 10.1 Å². The molecule has 3 unspecified atom stereocenters. The van der Waals surface area contributed by atoms with E-state index in [1.807, 2.05) is 20.8 Å². The van der Waals surface area contributed by atoms with Crippen LogP contribution in [0.3, 0.4) is 0 Å². The Hall–Kier alpha value is -0.610. The van der Waals surface area contributed by atoms with Crippen molar-refractivity contribution in [3.63, 3.8) is 0 Å². The summed E-state index contributed by atoms with van der Waals surface area (Å²) in [6.07, 6.45) is 8.39. The van der Waals surface area contributed by atoms with Crippen molar-refractivity contribution in [1.82, 2.24) is 5.32 Å². The van der Waals surface area contributed by atoms with Gasteiger partial charge in [0.25, 0.3) is 0 Å². The lowest BCUT2D eigenvalue weighted by molar-refractivity contribution is -0.222. The molecule has 0 saturated carbocycles. The molecule has 0 aliphatic carbocycles. The maximum absolute atomic E-state index is 12.3. The minimum atomic E-state index is -0.985. The summed E-state index contributed by atoms with van der Waals surface area (Å²) in [4.78, 5) is 12.3. The first-order valence-corrected chi connectivity index (χ1v) is 8.96. The van der Waals surface area contributed by atoms with Crippen LogP contribution in [0, 0.1) is 5.41 Å². The smallest absolute Gasteiger partial charge is 0.307 e. The van der Waals surface area contributed by atoms with E-state index in [1.54, 1.807) is 0 Å². The molecule has 2 saturated heterocycles. The predicted molar refractivity (Wildman–Crippen MR) is 87.4 cm³/mol. The third-order valence-corrected chi connectivity index (χ3v) is 5.51. The Morgan fingerprint density at radius 2 is 1.95 bits per heavy atom. The molecule has 3 atom stereocenters. The van der Waals surface area contributed by atoms with Gasteiger partial charge in [-0.25, -0.2) is 0 Å². The third-order valence-electron chi connectivity index (χ3n) is 5.51. The molecule has 0 aromatic rings. The van der Waals surface area contributed by atoms with Crippen molar-refractivity contribution in [2.24, 2.45) is 5.41 Å². The number of aliphatic hydroxyl groups is 1. The maximum atomic E-state index is 12.3. The second-order valence-corrected chi connectivity index (χ2v) is 8.16. The summed E-state index contributed by atoms with van der Waals surface area (Å²) >= 11 is 0. The molecule has 2 bridgehead atoms. The Balaban J connectivity index is 1.93. The third kappa shape index (κ3) is 3.18. The second-order valence-electron chi connectivity index (χ2n) is 8.16. The number of carbonyl (C=O) groups is 1. The van der Waals surface area contributed by atoms with E-state index in [4.69, 9.17) is 4.74 Å². The van der Waals surface area contributed by atoms with Gasteiger partial charge >= 0.3 is 5.97 Å². The molecule has 22 heavy (non-hydrogen) atoms. The SMILES string of the molecule is CCCCCCCC(=O)OC12CCC(CC1(O)C(C)(C)C)N2. The molecule has 2 aliphatic rings. The lowest BCUT2D eigenvalue weighted by Gasteiger charge is -2.48. The minimum Gasteiger partial charge on any atom is -0.441 e. The van der Waals surface area contributed by atoms with E-state index in [1.165, 1.54) is 19.3 Å². The van der Waals surface area contributed by atoms with Crippen LogP contribution < -0.4 is 5.32 Å². The molecule has 2 fully saturated rings. The highest BCUT2D eigenvalue weighted by Gasteiger charge is 2.68. The van der Waals surface area contributed by atoms with Crippen molar-refractivity contribution >= 4 is 5.97 Å². The first-order valence-electron chi connectivity index (χ1n) is 8.96. The lowest BCUT2D eigenvalue weighted by Crippen LogP contribution is -2.63. The van der Waals surface area contributed by atoms with Crippen molar-refractivity contribution in [2.75, 3.05) is 0 Å². The van der Waals surface area contributed by atoms with E-state index in [-0.39, 0.29) is 17.4 Å². The van der Waals surface area contributed by atoms with Crippen LogP contribution in [0.5, 0.6) is 0 Å². The van der Waals surface area contributed by atoms with Crippen LogP contribution in [0.1, 0.15) is 85.5 Å². The topological polar surface area (TPSA) is 58.6 Å². The van der Waals surface area contributed by atoms with Crippen molar-refractivity contribution in [1.29, 1.82) is 0 Å². The highest BCUT2D eigenvalue weighted by atomic mass is 16.6. The van der Waals surface area contributed by atoms with Crippen LogP contribution in [-0.2, 0) is 9.53 Å². The quantitative estimate of drug-likeness (QED) is 0.558. The fourth-order valence-corrected chi connectivity index (χ4v) is 4.05. The van der Waals surface area contributed by atoms with Gasteiger partial charge < -0.3 is 9.84 Å². The molecule has 0 radical (unpaired) electrons. The standard InChI is InChI=1S/C18H33NO3/c1-5-6-7-8-9-10-15(20)22-18-12-11-14(19-18)13-17(18,21)16(2,3)4/h14,19,21H,5-13H2,1-4H3. The Kier molecular flexibility index (Phi) is 5.23. The largest absolute Gasteiger partial charge is 0.441 e. The number of unbranched alkanes of at least 4 members (excludes halogenated alkanes) is 4. The highest BCUT2D eigenvalue weighted by Crippen LogP contribution is 2.54. The van der Waals surface area contributed by atoms with Gasteiger partial charge in [-0.2, -0.15) is 0 Å². The molecular weight excluding hydrogens is 278 g/mol. The summed E-state index contributed by atoms with van der Waals surface area (Å²) in [5.74, 6) is -0.172. The summed E-state index contributed by atoms with van der Waals surface area (Å²) in [6, 6.07) is 0.265. The van der Waals surface area contributed by atoms with Gasteiger partial charge in [0.2, 0.25) is 0 Å². The summed E-state index contributed by atoms with van der Waals surface area (Å²) < 4.78 is 5.84. The fraction of sp³-hybridized carbons (Fsp3) is 0.944. The van der Waals surface area contributed by atoms with E-state index in [9.17, 15) is 9.90 Å². The average Bonchev–Trinajstić information content (AvgIpc) is 2.93. The molecule has 0 aromatic heterocycles. The average molecular weight is 311 g/mol. The first kappa shape index (κ1) is 17.7. The van der Waals surface area contributed by atoms with Crippen LogP contribution in [0.15, 0.2) is 0 Å². The summed E-state index contributed by atoms with van der Waals surface area (Å²) in [5, 5.41) is 14.6. The Morgan fingerprint density at radius 1 is 1.27 bits per heavy atom. The normalized spacial score (nSPS) is 34.1. The molecule has 0 amide bonds. The Bertz CT molecular complexity index is 404. The minimum absolute atomic E-state index is 0.172. The zero-order valence-electron chi connectivity index (χ0n) is 14.7. The molecule has 2 aliphatic heterocycles. The van der Waals surface area contributed by atoms with Gasteiger partial charge in [0.05, 0.1) is 0 Å². The second kappa shape index (κ2) is 6.48. The first-order chi connectivity index (χ1) is 10.2. The van der Waals surface area contributed by atoms with Crippen LogP contribution in [0.4, 0.5) is 0 Å². The molecule has 2 heterocycles. The van der Waals surface area contributed by atoms with Crippen LogP contribution in [0.25, 0.3) is 0 Å². The number of hydrogen-bond donors (Lipinski definition) is 2. The highest BCUT2D eigenvalue weighted by molar-refractivity contribution is 5.70. The number of rotatable bonds is 7. The van der Waals surface area contributed by atoms with Gasteiger partial charge in [-0.15, -0.1) is 0 Å². The molecule has 2 N–H and O–H groups in total. The molecule has 2 rings (SSSR count). The maximum Gasteiger partial charge on any atom is 0.307 e. The van der Waals surface area contributed by atoms with Gasteiger partial charge in [-0.1, -0.05) is 53.4 Å². The van der Waals surface area contributed by atoms with E-state index < -0.39 is 11.3 Å². The monoisotopic (exact) mass is 311 g/mol. The van der Waals surface area contributed by atoms with Crippen LogP contribution in [0.2, 0.25) is 0 Å². The van der Waals surface area contributed by atoms with Gasteiger partial charge in [0.1, 0.15) is 5.60 Å². The van der Waals surface area contributed by atoms with Gasteiger partial charge in [-0.05, 0) is 24.7 Å². The lowest BCUT2D eigenvalue weighted by atomic mass is 9.66. The molecule has 4 nitrogen and oxygen atoms in total. The number of nitrogens with one attached hydrogen (secondary N) is 1. The predicted octanol–water partition coefficient (Wildman–Crippen LogP) is 3.52. The summed E-state index contributed by atoms with van der Waals surface area (Å²) in [5.41, 5.74) is -2.19. The number of esters is 1. The molecule has 128 valence electrons. The summed E-state index contributed by atoms with van der Waals surface area (Å²) in [7, 11) is 0. The van der Waals surface area contributed by atoms with E-state index in [0.717, 1.165) is 19.3 Å². The van der Waals surface area contributed by atoms with E-state index in [0.29, 0.717) is 19.3 Å². The molecule has 4 heteroatoms. The molecule has 0 spiro atoms.